The van der Waals surface area contributed by atoms with E-state index in [4.69, 9.17) is 5.73 Å². The van der Waals surface area contributed by atoms with Crippen LogP contribution in [0.3, 0.4) is 0 Å². The minimum atomic E-state index is 0.447. The highest BCUT2D eigenvalue weighted by Gasteiger charge is 2.42. The molecule has 112 valence electrons. The lowest BCUT2D eigenvalue weighted by atomic mass is 9.58. The summed E-state index contributed by atoms with van der Waals surface area (Å²) in [7, 11) is 0. The zero-order valence-electron chi connectivity index (χ0n) is 13.6. The third-order valence-corrected chi connectivity index (χ3v) is 6.59. The van der Waals surface area contributed by atoms with Gasteiger partial charge in [0.1, 0.15) is 0 Å². The molecule has 0 spiro atoms. The summed E-state index contributed by atoms with van der Waals surface area (Å²) in [4.78, 5) is 0. The van der Waals surface area contributed by atoms with Crippen LogP contribution in [0, 0.1) is 29.1 Å². The largest absolute Gasteiger partial charge is 0.327 e. The zero-order chi connectivity index (χ0) is 14.0. The summed E-state index contributed by atoms with van der Waals surface area (Å²) in [5, 5.41) is 0. The van der Waals surface area contributed by atoms with Crippen LogP contribution >= 0.6 is 0 Å². The molecular formula is C18H35N. The molecule has 0 amide bonds. The van der Waals surface area contributed by atoms with E-state index in [0.717, 1.165) is 23.7 Å². The molecule has 3 atom stereocenters. The van der Waals surface area contributed by atoms with Crippen LogP contribution in [0.1, 0.15) is 79.1 Å². The van der Waals surface area contributed by atoms with Crippen molar-refractivity contribution in [2.75, 3.05) is 0 Å². The van der Waals surface area contributed by atoms with Crippen LogP contribution in [0.15, 0.2) is 0 Å². The van der Waals surface area contributed by atoms with Gasteiger partial charge in [0.2, 0.25) is 0 Å². The fraction of sp³-hybridized carbons (Fsp3) is 1.00. The first-order valence-corrected chi connectivity index (χ1v) is 8.70. The average molecular weight is 265 g/mol. The Bertz CT molecular complexity index is 275. The molecule has 0 aromatic heterocycles. The van der Waals surface area contributed by atoms with Gasteiger partial charge in [0.15, 0.2) is 0 Å². The van der Waals surface area contributed by atoms with Gasteiger partial charge in [-0.3, -0.25) is 0 Å². The third kappa shape index (κ3) is 3.35. The van der Waals surface area contributed by atoms with Crippen LogP contribution in [0.4, 0.5) is 0 Å². The SMILES string of the molecule is CCC1CCC(C(C)(C)C2CCC(C)CC2N)CC1. The maximum absolute atomic E-state index is 6.52. The Morgan fingerprint density at radius 1 is 1.00 bits per heavy atom. The Hall–Kier alpha value is -0.0400. The summed E-state index contributed by atoms with van der Waals surface area (Å²) in [6.45, 7) is 9.76. The average Bonchev–Trinajstić information content (AvgIpc) is 2.38. The van der Waals surface area contributed by atoms with Gasteiger partial charge >= 0.3 is 0 Å². The van der Waals surface area contributed by atoms with Gasteiger partial charge in [-0.05, 0) is 54.8 Å². The second kappa shape index (κ2) is 6.16. The zero-order valence-corrected chi connectivity index (χ0v) is 13.6. The van der Waals surface area contributed by atoms with Crippen molar-refractivity contribution >= 4 is 0 Å². The molecule has 0 radical (unpaired) electrons. The van der Waals surface area contributed by atoms with Crippen molar-refractivity contribution < 1.29 is 0 Å². The number of hydrogen-bond donors (Lipinski definition) is 1. The molecule has 0 heterocycles. The number of rotatable bonds is 3. The lowest BCUT2D eigenvalue weighted by molar-refractivity contribution is 0.0279. The normalized spacial score (nSPS) is 41.2. The molecule has 0 bridgehead atoms. The summed E-state index contributed by atoms with van der Waals surface area (Å²) in [6, 6.07) is 0.447. The minimum Gasteiger partial charge on any atom is -0.327 e. The van der Waals surface area contributed by atoms with E-state index >= 15 is 0 Å². The molecule has 2 saturated carbocycles. The van der Waals surface area contributed by atoms with Crippen LogP contribution < -0.4 is 5.73 Å². The number of nitrogens with two attached hydrogens (primary N) is 1. The highest BCUT2D eigenvalue weighted by Crippen LogP contribution is 2.49. The van der Waals surface area contributed by atoms with E-state index < -0.39 is 0 Å². The molecule has 2 rings (SSSR count). The van der Waals surface area contributed by atoms with Gasteiger partial charge in [-0.2, -0.15) is 0 Å². The van der Waals surface area contributed by atoms with Crippen molar-refractivity contribution in [3.05, 3.63) is 0 Å². The van der Waals surface area contributed by atoms with Crippen molar-refractivity contribution in [1.29, 1.82) is 0 Å². The van der Waals surface area contributed by atoms with E-state index in [1.807, 2.05) is 0 Å². The molecule has 0 aromatic carbocycles. The van der Waals surface area contributed by atoms with E-state index in [2.05, 4.69) is 27.7 Å². The molecule has 19 heavy (non-hydrogen) atoms. The van der Waals surface area contributed by atoms with Crippen LogP contribution in [0.2, 0.25) is 0 Å². The first-order valence-electron chi connectivity index (χ1n) is 8.70. The lowest BCUT2D eigenvalue weighted by Gasteiger charge is -2.49. The smallest absolute Gasteiger partial charge is 0.00748 e. The molecule has 1 heteroatoms. The predicted molar refractivity (Wildman–Crippen MR) is 84.0 cm³/mol. The monoisotopic (exact) mass is 265 g/mol. The first kappa shape index (κ1) is 15.4. The molecule has 3 unspecified atom stereocenters. The molecule has 0 aliphatic heterocycles. The van der Waals surface area contributed by atoms with Gasteiger partial charge in [-0.25, -0.2) is 0 Å². The highest BCUT2D eigenvalue weighted by atomic mass is 14.7. The first-order chi connectivity index (χ1) is 8.95. The van der Waals surface area contributed by atoms with Crippen molar-refractivity contribution in [3.63, 3.8) is 0 Å². The van der Waals surface area contributed by atoms with Gasteiger partial charge in [0.05, 0.1) is 0 Å². The second-order valence-electron chi connectivity index (χ2n) is 8.14. The topological polar surface area (TPSA) is 26.0 Å². The Balaban J connectivity index is 1.97. The van der Waals surface area contributed by atoms with Crippen molar-refractivity contribution in [1.82, 2.24) is 0 Å². The van der Waals surface area contributed by atoms with Gasteiger partial charge < -0.3 is 5.73 Å². The summed E-state index contributed by atoms with van der Waals surface area (Å²) >= 11 is 0. The molecule has 2 aliphatic rings. The summed E-state index contributed by atoms with van der Waals surface area (Å²) in [5.41, 5.74) is 6.97. The van der Waals surface area contributed by atoms with Crippen LogP contribution in [0.5, 0.6) is 0 Å². The molecule has 2 aliphatic carbocycles. The van der Waals surface area contributed by atoms with E-state index in [-0.39, 0.29) is 0 Å². The molecule has 0 saturated heterocycles. The van der Waals surface area contributed by atoms with Crippen LogP contribution in [-0.2, 0) is 0 Å². The fourth-order valence-electron chi connectivity index (χ4n) is 4.97. The second-order valence-corrected chi connectivity index (χ2v) is 8.14. The van der Waals surface area contributed by atoms with Gasteiger partial charge in [-0.1, -0.05) is 53.4 Å². The quantitative estimate of drug-likeness (QED) is 0.764. The fourth-order valence-corrected chi connectivity index (χ4v) is 4.97. The van der Waals surface area contributed by atoms with Gasteiger partial charge in [-0.15, -0.1) is 0 Å². The van der Waals surface area contributed by atoms with Crippen LogP contribution in [0.25, 0.3) is 0 Å². The van der Waals surface area contributed by atoms with Crippen molar-refractivity contribution in [3.8, 4) is 0 Å². The summed E-state index contributed by atoms with van der Waals surface area (Å²) < 4.78 is 0. The minimum absolute atomic E-state index is 0.447. The Morgan fingerprint density at radius 2 is 1.63 bits per heavy atom. The van der Waals surface area contributed by atoms with E-state index in [1.54, 1.807) is 0 Å². The molecule has 0 aromatic rings. The van der Waals surface area contributed by atoms with Crippen LogP contribution in [-0.4, -0.2) is 6.04 Å². The van der Waals surface area contributed by atoms with E-state index in [9.17, 15) is 0 Å². The Kier molecular flexibility index (Phi) is 4.98. The molecule has 2 N–H and O–H groups in total. The highest BCUT2D eigenvalue weighted by molar-refractivity contribution is 4.94. The molecule has 2 fully saturated rings. The van der Waals surface area contributed by atoms with Gasteiger partial charge in [0.25, 0.3) is 0 Å². The number of hydrogen-bond acceptors (Lipinski definition) is 1. The Labute approximate surface area is 120 Å². The molecular weight excluding hydrogens is 230 g/mol. The summed E-state index contributed by atoms with van der Waals surface area (Å²) in [5.74, 6) is 3.52. The Morgan fingerprint density at radius 3 is 2.16 bits per heavy atom. The van der Waals surface area contributed by atoms with Crippen molar-refractivity contribution in [2.24, 2.45) is 34.8 Å². The maximum atomic E-state index is 6.52. The maximum Gasteiger partial charge on any atom is 0.00748 e. The predicted octanol–water partition coefficient (Wildman–Crippen LogP) is 4.99. The van der Waals surface area contributed by atoms with Crippen molar-refractivity contribution in [2.45, 2.75) is 85.1 Å². The van der Waals surface area contributed by atoms with E-state index in [1.165, 1.54) is 51.4 Å². The standard InChI is InChI=1S/C18H35N/c1-5-14-7-9-15(10-8-14)18(3,4)16-11-6-13(2)12-17(16)19/h13-17H,5-12,19H2,1-4H3. The van der Waals surface area contributed by atoms with Gasteiger partial charge in [0, 0.05) is 6.04 Å². The van der Waals surface area contributed by atoms with E-state index in [0.29, 0.717) is 11.5 Å². The molecule has 1 nitrogen and oxygen atoms in total. The lowest BCUT2D eigenvalue weighted by Crippen LogP contribution is -2.47. The summed E-state index contributed by atoms with van der Waals surface area (Å²) in [6.07, 6.45) is 11.2. The third-order valence-electron chi connectivity index (χ3n) is 6.59.